The molecule has 1 aromatic carbocycles. The SMILES string of the molecule is Cc1nn(C)c(C)c1CNc1ccc(Cl)c(C#N)c1. The van der Waals surface area contributed by atoms with Gasteiger partial charge in [0.25, 0.3) is 0 Å². The van der Waals surface area contributed by atoms with E-state index in [1.165, 1.54) is 5.56 Å². The van der Waals surface area contributed by atoms with Gasteiger partial charge in [0.1, 0.15) is 6.07 Å². The molecule has 0 aliphatic carbocycles. The number of hydrogen-bond acceptors (Lipinski definition) is 3. The maximum Gasteiger partial charge on any atom is 0.101 e. The first-order valence-electron chi connectivity index (χ1n) is 5.95. The number of benzene rings is 1. The normalized spacial score (nSPS) is 10.3. The molecular formula is C14H15ClN4. The van der Waals surface area contributed by atoms with Crippen LogP contribution in [0.25, 0.3) is 0 Å². The first-order chi connectivity index (χ1) is 9.02. The molecule has 0 saturated heterocycles. The number of rotatable bonds is 3. The second-order valence-corrected chi connectivity index (χ2v) is 4.84. The van der Waals surface area contributed by atoms with Gasteiger partial charge in [-0.25, -0.2) is 0 Å². The van der Waals surface area contributed by atoms with Gasteiger partial charge in [0.05, 0.1) is 16.3 Å². The van der Waals surface area contributed by atoms with Gasteiger partial charge in [0, 0.05) is 30.5 Å². The average Bonchev–Trinajstić information content (AvgIpc) is 2.63. The molecule has 0 bridgehead atoms. The van der Waals surface area contributed by atoms with Gasteiger partial charge < -0.3 is 5.32 Å². The molecule has 0 aliphatic heterocycles. The van der Waals surface area contributed by atoms with Crippen LogP contribution in [0.1, 0.15) is 22.5 Å². The molecule has 0 saturated carbocycles. The highest BCUT2D eigenvalue weighted by Gasteiger charge is 2.09. The van der Waals surface area contributed by atoms with E-state index in [1.807, 2.05) is 31.6 Å². The van der Waals surface area contributed by atoms with Crippen molar-refractivity contribution in [1.29, 1.82) is 5.26 Å². The molecule has 2 rings (SSSR count). The maximum atomic E-state index is 8.94. The predicted molar refractivity (Wildman–Crippen MR) is 76.2 cm³/mol. The lowest BCUT2D eigenvalue weighted by molar-refractivity contribution is 0.730. The Labute approximate surface area is 117 Å². The number of aryl methyl sites for hydroxylation is 2. The molecule has 1 N–H and O–H groups in total. The number of nitriles is 1. The first-order valence-corrected chi connectivity index (χ1v) is 6.33. The minimum Gasteiger partial charge on any atom is -0.381 e. The van der Waals surface area contributed by atoms with E-state index in [-0.39, 0.29) is 0 Å². The summed E-state index contributed by atoms with van der Waals surface area (Å²) in [7, 11) is 1.93. The van der Waals surface area contributed by atoms with Crippen molar-refractivity contribution in [3.63, 3.8) is 0 Å². The third-order valence-electron chi connectivity index (χ3n) is 3.21. The van der Waals surface area contributed by atoms with Crippen LogP contribution in [0.4, 0.5) is 5.69 Å². The standard InChI is InChI=1S/C14H15ClN4/c1-9-13(10(2)19(3)18-9)8-17-12-4-5-14(15)11(6-12)7-16/h4-6,17H,8H2,1-3H3. The van der Waals surface area contributed by atoms with Crippen molar-refractivity contribution in [3.05, 3.63) is 45.7 Å². The van der Waals surface area contributed by atoms with Crippen LogP contribution in [0.2, 0.25) is 5.02 Å². The van der Waals surface area contributed by atoms with E-state index in [9.17, 15) is 0 Å². The second-order valence-electron chi connectivity index (χ2n) is 4.43. The van der Waals surface area contributed by atoms with Crippen LogP contribution in [-0.4, -0.2) is 9.78 Å². The monoisotopic (exact) mass is 274 g/mol. The van der Waals surface area contributed by atoms with Crippen molar-refractivity contribution in [1.82, 2.24) is 9.78 Å². The Bertz CT molecular complexity index is 652. The predicted octanol–water partition coefficient (Wildman–Crippen LogP) is 3.17. The fourth-order valence-electron chi connectivity index (χ4n) is 1.98. The van der Waals surface area contributed by atoms with Crippen LogP contribution in [0.5, 0.6) is 0 Å². The summed E-state index contributed by atoms with van der Waals surface area (Å²) < 4.78 is 1.87. The van der Waals surface area contributed by atoms with Gasteiger partial charge in [-0.2, -0.15) is 10.4 Å². The molecule has 0 atom stereocenters. The van der Waals surface area contributed by atoms with E-state index in [0.29, 0.717) is 17.1 Å². The highest BCUT2D eigenvalue weighted by molar-refractivity contribution is 6.31. The lowest BCUT2D eigenvalue weighted by atomic mass is 10.1. The molecule has 98 valence electrons. The van der Waals surface area contributed by atoms with Gasteiger partial charge in [0.2, 0.25) is 0 Å². The van der Waals surface area contributed by atoms with E-state index in [4.69, 9.17) is 16.9 Å². The van der Waals surface area contributed by atoms with E-state index in [0.717, 1.165) is 17.1 Å². The van der Waals surface area contributed by atoms with E-state index in [1.54, 1.807) is 12.1 Å². The molecular weight excluding hydrogens is 260 g/mol. The zero-order valence-electron chi connectivity index (χ0n) is 11.2. The number of anilines is 1. The van der Waals surface area contributed by atoms with Crippen LogP contribution in [0, 0.1) is 25.2 Å². The summed E-state index contributed by atoms with van der Waals surface area (Å²) in [6, 6.07) is 7.42. The third-order valence-corrected chi connectivity index (χ3v) is 3.54. The Balaban J connectivity index is 2.17. The van der Waals surface area contributed by atoms with Crippen molar-refractivity contribution in [2.24, 2.45) is 7.05 Å². The second kappa shape index (κ2) is 5.33. The molecule has 0 aliphatic rings. The summed E-state index contributed by atoms with van der Waals surface area (Å²) in [6.07, 6.45) is 0. The number of nitrogens with one attached hydrogen (secondary N) is 1. The summed E-state index contributed by atoms with van der Waals surface area (Å²) in [5, 5.41) is 17.1. The first kappa shape index (κ1) is 13.4. The number of nitrogens with zero attached hydrogens (tertiary/aromatic N) is 3. The molecule has 0 radical (unpaired) electrons. The molecule has 4 nitrogen and oxygen atoms in total. The van der Waals surface area contributed by atoms with E-state index in [2.05, 4.69) is 16.5 Å². The van der Waals surface area contributed by atoms with Crippen LogP contribution in [0.3, 0.4) is 0 Å². The van der Waals surface area contributed by atoms with Crippen molar-refractivity contribution >= 4 is 17.3 Å². The Morgan fingerprint density at radius 1 is 1.42 bits per heavy atom. The van der Waals surface area contributed by atoms with Crippen molar-refractivity contribution in [3.8, 4) is 6.07 Å². The van der Waals surface area contributed by atoms with Crippen molar-refractivity contribution in [2.75, 3.05) is 5.32 Å². The third kappa shape index (κ3) is 2.72. The highest BCUT2D eigenvalue weighted by Crippen LogP contribution is 2.21. The fourth-order valence-corrected chi connectivity index (χ4v) is 2.14. The molecule has 0 unspecified atom stereocenters. The molecule has 1 heterocycles. The van der Waals surface area contributed by atoms with Gasteiger partial charge >= 0.3 is 0 Å². The van der Waals surface area contributed by atoms with Crippen LogP contribution < -0.4 is 5.32 Å². The lowest BCUT2D eigenvalue weighted by Gasteiger charge is -2.08. The maximum absolute atomic E-state index is 8.94. The zero-order valence-corrected chi connectivity index (χ0v) is 11.9. The van der Waals surface area contributed by atoms with Crippen molar-refractivity contribution in [2.45, 2.75) is 20.4 Å². The Hall–Kier alpha value is -1.99. The lowest BCUT2D eigenvalue weighted by Crippen LogP contribution is -2.02. The number of hydrogen-bond donors (Lipinski definition) is 1. The van der Waals surface area contributed by atoms with Gasteiger partial charge in [0.15, 0.2) is 0 Å². The Morgan fingerprint density at radius 2 is 2.16 bits per heavy atom. The van der Waals surface area contributed by atoms with E-state index < -0.39 is 0 Å². The average molecular weight is 275 g/mol. The molecule has 0 amide bonds. The smallest absolute Gasteiger partial charge is 0.101 e. The van der Waals surface area contributed by atoms with Crippen LogP contribution in [0.15, 0.2) is 18.2 Å². The van der Waals surface area contributed by atoms with Gasteiger partial charge in [-0.1, -0.05) is 11.6 Å². The van der Waals surface area contributed by atoms with E-state index >= 15 is 0 Å². The molecule has 19 heavy (non-hydrogen) atoms. The Morgan fingerprint density at radius 3 is 2.74 bits per heavy atom. The Kier molecular flexibility index (Phi) is 3.77. The molecule has 2 aromatic rings. The van der Waals surface area contributed by atoms with Gasteiger partial charge in [-0.15, -0.1) is 0 Å². The topological polar surface area (TPSA) is 53.6 Å². The van der Waals surface area contributed by atoms with Crippen LogP contribution in [-0.2, 0) is 13.6 Å². The molecule has 0 fully saturated rings. The van der Waals surface area contributed by atoms with Gasteiger partial charge in [-0.05, 0) is 32.0 Å². The number of halogens is 1. The number of aromatic nitrogens is 2. The highest BCUT2D eigenvalue weighted by atomic mass is 35.5. The summed E-state index contributed by atoms with van der Waals surface area (Å²) in [4.78, 5) is 0. The fraction of sp³-hybridized carbons (Fsp3) is 0.286. The van der Waals surface area contributed by atoms with Crippen molar-refractivity contribution < 1.29 is 0 Å². The van der Waals surface area contributed by atoms with Crippen LogP contribution >= 0.6 is 11.6 Å². The summed E-state index contributed by atoms with van der Waals surface area (Å²) >= 11 is 5.90. The zero-order chi connectivity index (χ0) is 14.0. The summed E-state index contributed by atoms with van der Waals surface area (Å²) in [5.74, 6) is 0. The summed E-state index contributed by atoms with van der Waals surface area (Å²) in [5.41, 5.74) is 4.69. The minimum absolute atomic E-state index is 0.474. The largest absolute Gasteiger partial charge is 0.381 e. The molecule has 1 aromatic heterocycles. The summed E-state index contributed by atoms with van der Waals surface area (Å²) in [6.45, 7) is 4.71. The quantitative estimate of drug-likeness (QED) is 0.935. The molecule has 5 heteroatoms. The minimum atomic E-state index is 0.474. The molecule has 0 spiro atoms. The van der Waals surface area contributed by atoms with Gasteiger partial charge in [-0.3, -0.25) is 4.68 Å².